The number of nitrogens with one attached hydrogen (secondary N) is 1. The molecule has 0 spiro atoms. The molecule has 0 fully saturated rings. The predicted octanol–water partition coefficient (Wildman–Crippen LogP) is 1.39. The Morgan fingerprint density at radius 3 is 2.88 bits per heavy atom. The van der Waals surface area contributed by atoms with Gasteiger partial charge in [-0.25, -0.2) is 4.98 Å². The van der Waals surface area contributed by atoms with E-state index in [1.54, 1.807) is 26.5 Å². The predicted molar refractivity (Wildman–Crippen MR) is 64.8 cm³/mol. The highest BCUT2D eigenvalue weighted by atomic mass is 35.5. The van der Waals surface area contributed by atoms with Crippen LogP contribution in [0.4, 0.5) is 11.5 Å². The number of hydrogen-bond donors (Lipinski definition) is 2. The minimum Gasteiger partial charge on any atom is -0.396 e. The van der Waals surface area contributed by atoms with Crippen LogP contribution in [0.25, 0.3) is 0 Å². The van der Waals surface area contributed by atoms with E-state index < -0.39 is 0 Å². The Kier molecular flexibility index (Phi) is 5.31. The first-order chi connectivity index (χ1) is 7.67. The lowest BCUT2D eigenvalue weighted by molar-refractivity contribution is 0.0365. The molecule has 0 aliphatic carbocycles. The number of aromatic nitrogens is 1. The number of anilines is 2. The monoisotopic (exact) mass is 245 g/mol. The van der Waals surface area contributed by atoms with Gasteiger partial charge in [0.15, 0.2) is 0 Å². The second-order valence-electron chi connectivity index (χ2n) is 3.29. The van der Waals surface area contributed by atoms with Crippen molar-refractivity contribution in [3.8, 4) is 0 Å². The van der Waals surface area contributed by atoms with Gasteiger partial charge in [0.2, 0.25) is 0 Å². The van der Waals surface area contributed by atoms with Crippen LogP contribution >= 0.6 is 11.6 Å². The molecular formula is C10H16ClN3O2. The average Bonchev–Trinajstić information content (AvgIpc) is 2.26. The third-order valence-corrected chi connectivity index (χ3v) is 2.27. The standard InChI is InChI=1S/C10H16ClN3O2/c1-15-6-8(16-2)5-14-10-9(12)3-7(11)4-13-10/h3-4,8H,5-6,12H2,1-2H3,(H,13,14). The second kappa shape index (κ2) is 6.52. The molecule has 0 aliphatic rings. The van der Waals surface area contributed by atoms with Gasteiger partial charge < -0.3 is 20.5 Å². The van der Waals surface area contributed by atoms with Gasteiger partial charge in [-0.3, -0.25) is 0 Å². The molecule has 90 valence electrons. The van der Waals surface area contributed by atoms with Crippen molar-refractivity contribution in [2.75, 3.05) is 38.4 Å². The maximum Gasteiger partial charge on any atom is 0.149 e. The molecule has 0 bridgehead atoms. The van der Waals surface area contributed by atoms with Crippen molar-refractivity contribution in [3.63, 3.8) is 0 Å². The summed E-state index contributed by atoms with van der Waals surface area (Å²) in [6.45, 7) is 1.08. The molecule has 1 heterocycles. The Bertz CT molecular complexity index is 336. The van der Waals surface area contributed by atoms with E-state index in [0.29, 0.717) is 29.7 Å². The van der Waals surface area contributed by atoms with Gasteiger partial charge in [0.25, 0.3) is 0 Å². The Morgan fingerprint density at radius 2 is 2.31 bits per heavy atom. The first kappa shape index (κ1) is 13.0. The minimum absolute atomic E-state index is 0.0399. The number of hydrogen-bond acceptors (Lipinski definition) is 5. The van der Waals surface area contributed by atoms with Crippen LogP contribution in [-0.4, -0.2) is 38.5 Å². The number of pyridine rings is 1. The summed E-state index contributed by atoms with van der Waals surface area (Å²) in [6.07, 6.45) is 1.50. The fourth-order valence-electron chi connectivity index (χ4n) is 1.21. The van der Waals surface area contributed by atoms with Crippen molar-refractivity contribution in [1.82, 2.24) is 4.98 Å². The fraction of sp³-hybridized carbons (Fsp3) is 0.500. The molecule has 0 saturated carbocycles. The van der Waals surface area contributed by atoms with Crippen molar-refractivity contribution in [2.45, 2.75) is 6.10 Å². The molecule has 0 radical (unpaired) electrons. The zero-order valence-corrected chi connectivity index (χ0v) is 10.1. The molecule has 0 aromatic carbocycles. The van der Waals surface area contributed by atoms with E-state index >= 15 is 0 Å². The third-order valence-electron chi connectivity index (χ3n) is 2.07. The van der Waals surface area contributed by atoms with Gasteiger partial charge in [-0.05, 0) is 6.07 Å². The Labute approximate surface area is 99.9 Å². The highest BCUT2D eigenvalue weighted by Crippen LogP contribution is 2.19. The fourth-order valence-corrected chi connectivity index (χ4v) is 1.38. The number of methoxy groups -OCH3 is 2. The van der Waals surface area contributed by atoms with Crippen LogP contribution in [0.5, 0.6) is 0 Å². The summed E-state index contributed by atoms with van der Waals surface area (Å²) in [5.74, 6) is 0.600. The van der Waals surface area contributed by atoms with Crippen molar-refractivity contribution in [2.24, 2.45) is 0 Å². The first-order valence-electron chi connectivity index (χ1n) is 4.84. The van der Waals surface area contributed by atoms with Gasteiger partial charge in [0.05, 0.1) is 23.4 Å². The molecule has 0 amide bonds. The third kappa shape index (κ3) is 3.84. The second-order valence-corrected chi connectivity index (χ2v) is 3.72. The molecule has 0 saturated heterocycles. The van der Waals surface area contributed by atoms with Crippen LogP contribution in [0.2, 0.25) is 5.02 Å². The first-order valence-corrected chi connectivity index (χ1v) is 5.21. The number of rotatable bonds is 6. The van der Waals surface area contributed by atoms with E-state index in [-0.39, 0.29) is 6.10 Å². The lowest BCUT2D eigenvalue weighted by atomic mass is 10.3. The smallest absolute Gasteiger partial charge is 0.149 e. The molecule has 1 unspecified atom stereocenters. The highest BCUT2D eigenvalue weighted by Gasteiger charge is 2.08. The van der Waals surface area contributed by atoms with E-state index in [1.807, 2.05) is 0 Å². The number of nitrogens with two attached hydrogens (primary N) is 1. The van der Waals surface area contributed by atoms with Crippen LogP contribution in [-0.2, 0) is 9.47 Å². The molecule has 0 aliphatic heterocycles. The van der Waals surface area contributed by atoms with Gasteiger partial charge in [0.1, 0.15) is 5.82 Å². The summed E-state index contributed by atoms with van der Waals surface area (Å²) >= 11 is 5.74. The minimum atomic E-state index is -0.0399. The van der Waals surface area contributed by atoms with E-state index in [4.69, 9.17) is 26.8 Å². The summed E-state index contributed by atoms with van der Waals surface area (Å²) in [5, 5.41) is 3.59. The van der Waals surface area contributed by atoms with Crippen LogP contribution in [0.1, 0.15) is 0 Å². The molecular weight excluding hydrogens is 230 g/mol. The van der Waals surface area contributed by atoms with Gasteiger partial charge in [-0.2, -0.15) is 0 Å². The zero-order chi connectivity index (χ0) is 12.0. The number of halogens is 1. The Hall–Kier alpha value is -1.04. The summed E-state index contributed by atoms with van der Waals surface area (Å²) < 4.78 is 10.2. The lowest BCUT2D eigenvalue weighted by Gasteiger charge is -2.16. The maximum atomic E-state index is 5.74. The largest absolute Gasteiger partial charge is 0.396 e. The van der Waals surface area contributed by atoms with Crippen LogP contribution < -0.4 is 11.1 Å². The van der Waals surface area contributed by atoms with Crippen LogP contribution in [0.15, 0.2) is 12.3 Å². The lowest BCUT2D eigenvalue weighted by Crippen LogP contribution is -2.27. The zero-order valence-electron chi connectivity index (χ0n) is 9.37. The molecule has 1 aromatic heterocycles. The quantitative estimate of drug-likeness (QED) is 0.793. The van der Waals surface area contributed by atoms with Crippen molar-refractivity contribution < 1.29 is 9.47 Å². The highest BCUT2D eigenvalue weighted by molar-refractivity contribution is 6.30. The molecule has 1 rings (SSSR count). The molecule has 5 nitrogen and oxygen atoms in total. The molecule has 1 atom stereocenters. The van der Waals surface area contributed by atoms with Gasteiger partial charge in [-0.15, -0.1) is 0 Å². The number of nitrogen functional groups attached to an aromatic ring is 1. The Balaban J connectivity index is 2.53. The molecule has 16 heavy (non-hydrogen) atoms. The van der Waals surface area contributed by atoms with E-state index in [2.05, 4.69) is 10.3 Å². The summed E-state index contributed by atoms with van der Waals surface area (Å²) in [5.41, 5.74) is 6.26. The van der Waals surface area contributed by atoms with Crippen molar-refractivity contribution in [3.05, 3.63) is 17.3 Å². The molecule has 3 N–H and O–H groups in total. The van der Waals surface area contributed by atoms with Crippen LogP contribution in [0, 0.1) is 0 Å². The molecule has 1 aromatic rings. The van der Waals surface area contributed by atoms with Gasteiger partial charge >= 0.3 is 0 Å². The Morgan fingerprint density at radius 1 is 1.56 bits per heavy atom. The average molecular weight is 246 g/mol. The molecule has 6 heteroatoms. The van der Waals surface area contributed by atoms with Crippen molar-refractivity contribution >= 4 is 23.1 Å². The van der Waals surface area contributed by atoms with E-state index in [1.165, 1.54) is 0 Å². The summed E-state index contributed by atoms with van der Waals surface area (Å²) in [6, 6.07) is 1.65. The van der Waals surface area contributed by atoms with Crippen molar-refractivity contribution in [1.29, 1.82) is 0 Å². The topological polar surface area (TPSA) is 69.4 Å². The SMILES string of the molecule is COCC(CNc1ncc(Cl)cc1N)OC. The van der Waals surface area contributed by atoms with Gasteiger partial charge in [-0.1, -0.05) is 11.6 Å². The van der Waals surface area contributed by atoms with Gasteiger partial charge in [0, 0.05) is 27.0 Å². The summed E-state index contributed by atoms with van der Waals surface area (Å²) in [7, 11) is 3.25. The van der Waals surface area contributed by atoms with E-state index in [0.717, 1.165) is 0 Å². The summed E-state index contributed by atoms with van der Waals surface area (Å²) in [4.78, 5) is 4.08. The number of ether oxygens (including phenoxy) is 2. The maximum absolute atomic E-state index is 5.74. The van der Waals surface area contributed by atoms with Crippen LogP contribution in [0.3, 0.4) is 0 Å². The normalized spacial score (nSPS) is 12.4. The number of nitrogens with zero attached hydrogens (tertiary/aromatic N) is 1. The van der Waals surface area contributed by atoms with E-state index in [9.17, 15) is 0 Å².